The first kappa shape index (κ1) is 20.6. The van der Waals surface area contributed by atoms with Crippen LogP contribution in [0.4, 0.5) is 0 Å². The Hall–Kier alpha value is -2.26. The van der Waals surface area contributed by atoms with E-state index in [-0.39, 0.29) is 30.4 Å². The summed E-state index contributed by atoms with van der Waals surface area (Å²) >= 11 is 0. The Balaban J connectivity index is 1.43. The van der Waals surface area contributed by atoms with Gasteiger partial charge in [-0.2, -0.15) is 0 Å². The number of aliphatic hydroxyl groups is 1. The van der Waals surface area contributed by atoms with Gasteiger partial charge in [0.1, 0.15) is 18.4 Å². The van der Waals surface area contributed by atoms with E-state index >= 15 is 0 Å². The molecule has 3 aliphatic rings. The lowest BCUT2D eigenvalue weighted by Crippen LogP contribution is -2.57. The highest BCUT2D eigenvalue weighted by molar-refractivity contribution is 5.16. The molecule has 3 fully saturated rings. The molecule has 2 aliphatic heterocycles. The second-order valence-corrected chi connectivity index (χ2v) is 8.88. The number of hydrogen-bond donors (Lipinski definition) is 1. The number of aliphatic hydroxyl groups excluding tert-OH is 1. The van der Waals surface area contributed by atoms with Crippen LogP contribution in [0.15, 0.2) is 46.1 Å². The standard InChI is InChI=1S/C23H28N2O6/c1-14-11-24(21-19-15(2)23(31-21)17(26)9-6-10-18(23)30-19)22(28)25(20(14)27)13-29-12-16-7-4-3-5-8-16/h3-5,7-8,11,15,17-19,21,26H,6,9-10,12-13H2,1-2H3/t15-,17-,18-,19+,21-,23?/m1/s1. The van der Waals surface area contributed by atoms with Gasteiger partial charge in [0.15, 0.2) is 6.23 Å². The normalized spacial score (nSPS) is 34.1. The van der Waals surface area contributed by atoms with Crippen molar-refractivity contribution >= 4 is 0 Å². The van der Waals surface area contributed by atoms with Gasteiger partial charge in [0.25, 0.3) is 5.56 Å². The Morgan fingerprint density at radius 3 is 2.77 bits per heavy atom. The van der Waals surface area contributed by atoms with Gasteiger partial charge in [-0.3, -0.25) is 9.36 Å². The summed E-state index contributed by atoms with van der Waals surface area (Å²) < 4.78 is 20.8. The maximum Gasteiger partial charge on any atom is 0.335 e. The molecule has 0 amide bonds. The van der Waals surface area contributed by atoms with Gasteiger partial charge < -0.3 is 19.3 Å². The van der Waals surface area contributed by atoms with Crippen molar-refractivity contribution in [1.82, 2.24) is 9.13 Å². The summed E-state index contributed by atoms with van der Waals surface area (Å²) in [6, 6.07) is 9.57. The first-order valence-corrected chi connectivity index (χ1v) is 10.9. The Kier molecular flexibility index (Phi) is 5.13. The van der Waals surface area contributed by atoms with Gasteiger partial charge in [0.05, 0.1) is 18.8 Å². The molecular formula is C23H28N2O6. The van der Waals surface area contributed by atoms with E-state index in [4.69, 9.17) is 14.2 Å². The Morgan fingerprint density at radius 1 is 1.23 bits per heavy atom. The van der Waals surface area contributed by atoms with Gasteiger partial charge in [0, 0.05) is 17.7 Å². The average molecular weight is 428 g/mol. The molecule has 1 aromatic heterocycles. The molecule has 1 N–H and O–H groups in total. The molecule has 1 aliphatic carbocycles. The van der Waals surface area contributed by atoms with E-state index in [1.54, 1.807) is 6.92 Å². The summed E-state index contributed by atoms with van der Waals surface area (Å²) in [4.78, 5) is 25.9. The lowest BCUT2D eigenvalue weighted by molar-refractivity contribution is -0.253. The van der Waals surface area contributed by atoms with Crippen molar-refractivity contribution in [3.8, 4) is 0 Å². The van der Waals surface area contributed by atoms with Crippen molar-refractivity contribution in [2.75, 3.05) is 0 Å². The van der Waals surface area contributed by atoms with Crippen LogP contribution in [0.1, 0.15) is 43.5 Å². The number of aromatic nitrogens is 2. The van der Waals surface area contributed by atoms with E-state index in [0.717, 1.165) is 23.0 Å². The van der Waals surface area contributed by atoms with E-state index in [0.29, 0.717) is 18.6 Å². The Bertz CT molecular complexity index is 1080. The minimum Gasteiger partial charge on any atom is -0.390 e. The van der Waals surface area contributed by atoms with Crippen LogP contribution in [0, 0.1) is 12.8 Å². The quantitative estimate of drug-likeness (QED) is 0.780. The van der Waals surface area contributed by atoms with Crippen LogP contribution in [-0.2, 0) is 27.5 Å². The van der Waals surface area contributed by atoms with E-state index in [2.05, 4.69) is 0 Å². The first-order valence-electron chi connectivity index (χ1n) is 10.9. The molecule has 1 unspecified atom stereocenters. The molecule has 3 heterocycles. The van der Waals surface area contributed by atoms with Gasteiger partial charge in [-0.1, -0.05) is 37.3 Å². The fourth-order valence-electron chi connectivity index (χ4n) is 5.45. The first-order chi connectivity index (χ1) is 14.9. The summed E-state index contributed by atoms with van der Waals surface area (Å²) in [5.41, 5.74) is -0.319. The summed E-state index contributed by atoms with van der Waals surface area (Å²) in [5.74, 6) is -0.0558. The summed E-state index contributed by atoms with van der Waals surface area (Å²) in [6.07, 6.45) is 2.08. The Labute approximate surface area is 180 Å². The minimum atomic E-state index is -0.800. The number of rotatable bonds is 5. The van der Waals surface area contributed by atoms with Crippen molar-refractivity contribution in [1.29, 1.82) is 0 Å². The van der Waals surface area contributed by atoms with Crippen molar-refractivity contribution in [3.05, 3.63) is 68.5 Å². The highest BCUT2D eigenvalue weighted by atomic mass is 16.6. The fraction of sp³-hybridized carbons (Fsp3) is 0.565. The second kappa shape index (κ2) is 7.70. The molecule has 2 saturated heterocycles. The molecule has 1 spiro atoms. The molecule has 0 radical (unpaired) electrons. The van der Waals surface area contributed by atoms with Crippen LogP contribution in [0.2, 0.25) is 0 Å². The molecule has 1 aromatic carbocycles. The molecule has 8 nitrogen and oxygen atoms in total. The highest BCUT2D eigenvalue weighted by Crippen LogP contribution is 2.57. The third kappa shape index (κ3) is 3.12. The second-order valence-electron chi connectivity index (χ2n) is 8.88. The molecule has 2 aromatic rings. The van der Waals surface area contributed by atoms with Crippen molar-refractivity contribution in [3.63, 3.8) is 0 Å². The van der Waals surface area contributed by atoms with Gasteiger partial charge in [0.2, 0.25) is 0 Å². The summed E-state index contributed by atoms with van der Waals surface area (Å²) in [6.45, 7) is 3.81. The molecule has 5 rings (SSSR count). The van der Waals surface area contributed by atoms with E-state index in [1.807, 2.05) is 37.3 Å². The fourth-order valence-corrected chi connectivity index (χ4v) is 5.45. The summed E-state index contributed by atoms with van der Waals surface area (Å²) in [5, 5.41) is 10.8. The molecule has 166 valence electrons. The number of benzene rings is 1. The zero-order valence-corrected chi connectivity index (χ0v) is 17.8. The van der Waals surface area contributed by atoms with Crippen molar-refractivity contribution in [2.45, 2.75) is 76.6 Å². The maximum atomic E-state index is 13.2. The third-order valence-corrected chi connectivity index (χ3v) is 7.07. The van der Waals surface area contributed by atoms with E-state index in [1.165, 1.54) is 10.8 Å². The lowest BCUT2D eigenvalue weighted by atomic mass is 9.74. The number of hydrogen-bond acceptors (Lipinski definition) is 6. The predicted molar refractivity (Wildman–Crippen MR) is 111 cm³/mol. The predicted octanol–water partition coefficient (Wildman–Crippen LogP) is 1.71. The SMILES string of the molecule is Cc1cn([C@@H]2OC34[C@H](O)CCC[C@H]3O[C@H]2[C@H]4C)c(=O)n(COCc2ccccc2)c1=O. The minimum absolute atomic E-state index is 0.0558. The van der Waals surface area contributed by atoms with Gasteiger partial charge in [-0.25, -0.2) is 9.36 Å². The van der Waals surface area contributed by atoms with E-state index in [9.17, 15) is 14.7 Å². The van der Waals surface area contributed by atoms with Crippen LogP contribution in [0.25, 0.3) is 0 Å². The van der Waals surface area contributed by atoms with Crippen LogP contribution in [0.5, 0.6) is 0 Å². The Morgan fingerprint density at radius 2 is 2.00 bits per heavy atom. The third-order valence-electron chi connectivity index (χ3n) is 7.07. The molecule has 2 bridgehead atoms. The molecule has 1 saturated carbocycles. The molecule has 8 heteroatoms. The number of nitrogens with zero attached hydrogens (tertiary/aromatic N) is 2. The summed E-state index contributed by atoms with van der Waals surface area (Å²) in [7, 11) is 0. The van der Waals surface area contributed by atoms with Crippen LogP contribution >= 0.6 is 0 Å². The molecular weight excluding hydrogens is 400 g/mol. The zero-order chi connectivity index (χ0) is 21.8. The van der Waals surface area contributed by atoms with Gasteiger partial charge in [-0.05, 0) is 31.7 Å². The van der Waals surface area contributed by atoms with Crippen LogP contribution < -0.4 is 11.2 Å². The van der Waals surface area contributed by atoms with E-state index < -0.39 is 23.6 Å². The number of ether oxygens (including phenoxy) is 3. The molecule has 31 heavy (non-hydrogen) atoms. The van der Waals surface area contributed by atoms with Gasteiger partial charge >= 0.3 is 5.69 Å². The topological polar surface area (TPSA) is 91.9 Å². The number of aryl methyl sites for hydroxylation is 1. The smallest absolute Gasteiger partial charge is 0.335 e. The largest absolute Gasteiger partial charge is 0.390 e. The van der Waals surface area contributed by atoms with Crippen LogP contribution in [0.3, 0.4) is 0 Å². The lowest BCUT2D eigenvalue weighted by Gasteiger charge is -2.44. The van der Waals surface area contributed by atoms with Crippen molar-refractivity contribution < 1.29 is 19.3 Å². The average Bonchev–Trinajstić information content (AvgIpc) is 3.22. The highest BCUT2D eigenvalue weighted by Gasteiger charge is 2.68. The maximum absolute atomic E-state index is 13.2. The number of fused-ring (bicyclic) bond motifs is 1. The molecule has 6 atom stereocenters. The van der Waals surface area contributed by atoms with Crippen molar-refractivity contribution in [2.24, 2.45) is 5.92 Å². The monoisotopic (exact) mass is 428 g/mol. The van der Waals surface area contributed by atoms with Crippen LogP contribution in [-0.4, -0.2) is 38.2 Å². The zero-order valence-electron chi connectivity index (χ0n) is 17.8. The van der Waals surface area contributed by atoms with Gasteiger partial charge in [-0.15, -0.1) is 0 Å².